The maximum atomic E-state index is 5.19. The Bertz CT molecular complexity index is 431. The Hall–Kier alpha value is -1.05. The monoisotopic (exact) mass is 296 g/mol. The minimum absolute atomic E-state index is 0.328. The fraction of sp³-hybridized carbons (Fsp3) is 0.692. The van der Waals surface area contributed by atoms with Gasteiger partial charge in [-0.25, -0.2) is 4.98 Å². The van der Waals surface area contributed by atoms with Crippen molar-refractivity contribution in [2.24, 2.45) is 0 Å². The first-order valence-corrected chi connectivity index (χ1v) is 8.13. The van der Waals surface area contributed by atoms with E-state index in [1.54, 1.807) is 11.8 Å². The van der Waals surface area contributed by atoms with Gasteiger partial charge in [-0.15, -0.1) is 0 Å². The summed E-state index contributed by atoms with van der Waals surface area (Å²) in [6.07, 6.45) is 2.09. The smallest absolute Gasteiger partial charge is 0.225 e. The highest BCUT2D eigenvalue weighted by atomic mass is 32.2. The highest BCUT2D eigenvalue weighted by Gasteiger charge is 2.22. The van der Waals surface area contributed by atoms with Crippen LogP contribution in [0.3, 0.4) is 0 Å². The summed E-state index contributed by atoms with van der Waals surface area (Å²) in [5.41, 5.74) is 1.04. The van der Waals surface area contributed by atoms with Crippen LogP contribution in [-0.4, -0.2) is 54.7 Å². The molecule has 0 spiro atoms. The maximum Gasteiger partial charge on any atom is 0.225 e. The molecule has 2 aliphatic rings. The molecule has 0 bridgehead atoms. The minimum atomic E-state index is 0.328. The summed E-state index contributed by atoms with van der Waals surface area (Å²) >= 11 is 1.78. The van der Waals surface area contributed by atoms with Gasteiger partial charge in [-0.05, 0) is 13.2 Å². The molecule has 7 heteroatoms. The first-order chi connectivity index (χ1) is 9.74. The fourth-order valence-corrected chi connectivity index (χ4v) is 2.33. The molecule has 110 valence electrons. The van der Waals surface area contributed by atoms with Crippen LogP contribution in [0.1, 0.15) is 17.9 Å². The first-order valence-electron chi connectivity index (χ1n) is 6.85. The van der Waals surface area contributed by atoms with E-state index in [4.69, 9.17) is 9.47 Å². The van der Waals surface area contributed by atoms with Crippen LogP contribution in [0.15, 0.2) is 6.07 Å². The van der Waals surface area contributed by atoms with E-state index < -0.39 is 0 Å². The van der Waals surface area contributed by atoms with Crippen molar-refractivity contribution in [3.05, 3.63) is 11.8 Å². The lowest BCUT2D eigenvalue weighted by Gasteiger charge is -2.29. The molecule has 2 N–H and O–H groups in total. The predicted molar refractivity (Wildman–Crippen MR) is 80.4 cm³/mol. The van der Waals surface area contributed by atoms with Gasteiger partial charge in [0.15, 0.2) is 0 Å². The molecule has 2 fully saturated rings. The third-order valence-electron chi connectivity index (χ3n) is 3.48. The van der Waals surface area contributed by atoms with Crippen LogP contribution in [0, 0.1) is 0 Å². The predicted octanol–water partition coefficient (Wildman–Crippen LogP) is 1.52. The Balaban J connectivity index is 1.77. The van der Waals surface area contributed by atoms with Gasteiger partial charge in [-0.2, -0.15) is 16.7 Å². The number of thioether (sulfide) groups is 1. The zero-order valence-electron chi connectivity index (χ0n) is 11.8. The quantitative estimate of drug-likeness (QED) is 0.825. The Kier molecular flexibility index (Phi) is 4.28. The summed E-state index contributed by atoms with van der Waals surface area (Å²) < 4.78 is 10.4. The van der Waals surface area contributed by atoms with Crippen LogP contribution in [0.25, 0.3) is 0 Å². The van der Waals surface area contributed by atoms with Crippen LogP contribution in [-0.2, 0) is 9.47 Å². The van der Waals surface area contributed by atoms with E-state index in [1.807, 2.05) is 6.07 Å². The van der Waals surface area contributed by atoms with Crippen LogP contribution in [0.5, 0.6) is 0 Å². The standard InChI is InChI=1S/C13H20N4O2S/c1-8(20-2)11-3-12(14-9-4-18-5-9)17-13(16-11)15-10-6-19-7-10/h3,8-10H,4-7H2,1-2H3,(H2,14,15,16,17). The molecule has 0 saturated carbocycles. The van der Waals surface area contributed by atoms with E-state index >= 15 is 0 Å². The van der Waals surface area contributed by atoms with Gasteiger partial charge in [-0.3, -0.25) is 0 Å². The van der Waals surface area contributed by atoms with Gasteiger partial charge in [0.05, 0.1) is 44.2 Å². The molecule has 3 rings (SSSR count). The van der Waals surface area contributed by atoms with Crippen molar-refractivity contribution in [3.63, 3.8) is 0 Å². The van der Waals surface area contributed by atoms with Crippen molar-refractivity contribution in [3.8, 4) is 0 Å². The third kappa shape index (κ3) is 3.16. The molecule has 2 saturated heterocycles. The highest BCUT2D eigenvalue weighted by Crippen LogP contribution is 2.27. The summed E-state index contributed by atoms with van der Waals surface area (Å²) in [5, 5.41) is 7.05. The molecule has 1 aromatic heterocycles. The number of hydrogen-bond acceptors (Lipinski definition) is 7. The van der Waals surface area contributed by atoms with Crippen molar-refractivity contribution in [2.75, 3.05) is 43.3 Å². The van der Waals surface area contributed by atoms with Crippen molar-refractivity contribution >= 4 is 23.5 Å². The molecule has 6 nitrogen and oxygen atoms in total. The Morgan fingerprint density at radius 1 is 1.15 bits per heavy atom. The lowest BCUT2D eigenvalue weighted by atomic mass is 10.2. The molecule has 0 amide bonds. The van der Waals surface area contributed by atoms with Gasteiger partial charge >= 0.3 is 0 Å². The van der Waals surface area contributed by atoms with Gasteiger partial charge in [0.2, 0.25) is 5.95 Å². The fourth-order valence-electron chi connectivity index (χ4n) is 1.96. The second-order valence-electron chi connectivity index (χ2n) is 5.14. The second kappa shape index (κ2) is 6.15. The SMILES string of the molecule is CSC(C)c1cc(NC2COC2)nc(NC2COC2)n1. The summed E-state index contributed by atoms with van der Waals surface area (Å²) in [6.45, 7) is 5.10. The molecule has 20 heavy (non-hydrogen) atoms. The molecule has 1 unspecified atom stereocenters. The molecule has 3 heterocycles. The van der Waals surface area contributed by atoms with E-state index in [0.717, 1.165) is 37.9 Å². The highest BCUT2D eigenvalue weighted by molar-refractivity contribution is 7.98. The van der Waals surface area contributed by atoms with Crippen LogP contribution >= 0.6 is 11.8 Å². The first kappa shape index (κ1) is 13.9. The van der Waals surface area contributed by atoms with Gasteiger partial charge in [0.25, 0.3) is 0 Å². The molecule has 1 aromatic rings. The van der Waals surface area contributed by atoms with E-state index in [-0.39, 0.29) is 0 Å². The topological polar surface area (TPSA) is 68.3 Å². The average molecular weight is 296 g/mol. The Morgan fingerprint density at radius 3 is 2.35 bits per heavy atom. The van der Waals surface area contributed by atoms with E-state index in [9.17, 15) is 0 Å². The van der Waals surface area contributed by atoms with Gasteiger partial charge in [0.1, 0.15) is 5.82 Å². The average Bonchev–Trinajstić information content (AvgIpc) is 2.37. The van der Waals surface area contributed by atoms with Crippen molar-refractivity contribution in [1.29, 1.82) is 0 Å². The minimum Gasteiger partial charge on any atom is -0.377 e. The molecular formula is C13H20N4O2S. The Morgan fingerprint density at radius 2 is 1.80 bits per heavy atom. The van der Waals surface area contributed by atoms with Crippen LogP contribution < -0.4 is 10.6 Å². The third-order valence-corrected chi connectivity index (χ3v) is 4.43. The van der Waals surface area contributed by atoms with Crippen molar-refractivity contribution in [1.82, 2.24) is 9.97 Å². The summed E-state index contributed by atoms with van der Waals surface area (Å²) in [7, 11) is 0. The molecule has 0 radical (unpaired) electrons. The molecular weight excluding hydrogens is 276 g/mol. The molecule has 0 aromatic carbocycles. The molecule has 0 aliphatic carbocycles. The summed E-state index contributed by atoms with van der Waals surface area (Å²) in [4.78, 5) is 9.15. The van der Waals surface area contributed by atoms with Crippen molar-refractivity contribution < 1.29 is 9.47 Å². The van der Waals surface area contributed by atoms with E-state index in [0.29, 0.717) is 23.3 Å². The van der Waals surface area contributed by atoms with Gasteiger partial charge < -0.3 is 20.1 Å². The van der Waals surface area contributed by atoms with Crippen molar-refractivity contribution in [2.45, 2.75) is 24.3 Å². The number of nitrogens with zero attached hydrogens (tertiary/aromatic N) is 2. The zero-order chi connectivity index (χ0) is 13.9. The van der Waals surface area contributed by atoms with E-state index in [2.05, 4.69) is 33.8 Å². The van der Waals surface area contributed by atoms with Crippen LogP contribution in [0.4, 0.5) is 11.8 Å². The number of anilines is 2. The summed E-state index contributed by atoms with van der Waals surface area (Å²) in [5.74, 6) is 1.55. The van der Waals surface area contributed by atoms with Crippen LogP contribution in [0.2, 0.25) is 0 Å². The zero-order valence-corrected chi connectivity index (χ0v) is 12.6. The number of hydrogen-bond donors (Lipinski definition) is 2. The molecule has 2 aliphatic heterocycles. The lowest BCUT2D eigenvalue weighted by Crippen LogP contribution is -2.41. The van der Waals surface area contributed by atoms with Gasteiger partial charge in [0, 0.05) is 11.3 Å². The maximum absolute atomic E-state index is 5.19. The number of rotatable bonds is 6. The Labute approximate surface area is 123 Å². The lowest BCUT2D eigenvalue weighted by molar-refractivity contribution is 0.0204. The number of nitrogens with one attached hydrogen (secondary N) is 2. The van der Waals surface area contributed by atoms with E-state index in [1.165, 1.54) is 0 Å². The second-order valence-corrected chi connectivity index (χ2v) is 6.32. The normalized spacial score (nSPS) is 20.9. The largest absolute Gasteiger partial charge is 0.377 e. The molecule has 1 atom stereocenters. The summed E-state index contributed by atoms with van der Waals surface area (Å²) in [6, 6.07) is 2.72. The van der Waals surface area contributed by atoms with Gasteiger partial charge in [-0.1, -0.05) is 0 Å². The number of aromatic nitrogens is 2. The number of ether oxygens (including phenoxy) is 2.